The second-order valence-corrected chi connectivity index (χ2v) is 4.65. The second kappa shape index (κ2) is 5.90. The number of nitrogens with one attached hydrogen (secondary N) is 1. The van der Waals surface area contributed by atoms with E-state index in [9.17, 15) is 0 Å². The van der Waals surface area contributed by atoms with Crippen molar-refractivity contribution in [3.05, 3.63) is 53.9 Å². The second-order valence-electron chi connectivity index (χ2n) is 4.65. The van der Waals surface area contributed by atoms with Gasteiger partial charge in [-0.05, 0) is 29.8 Å². The quantitative estimate of drug-likeness (QED) is 0.653. The van der Waals surface area contributed by atoms with Crippen molar-refractivity contribution in [2.75, 3.05) is 13.2 Å². The molecule has 0 saturated heterocycles. The van der Waals surface area contributed by atoms with Crippen molar-refractivity contribution >= 4 is 0 Å². The molecule has 0 fully saturated rings. The molecule has 1 aliphatic rings. The Kier molecular flexibility index (Phi) is 3.80. The van der Waals surface area contributed by atoms with Gasteiger partial charge in [-0.2, -0.15) is 0 Å². The molecule has 5 nitrogen and oxygen atoms in total. The Hall–Kier alpha value is -2.11. The van der Waals surface area contributed by atoms with Gasteiger partial charge in [0, 0.05) is 18.3 Å². The third kappa shape index (κ3) is 2.74. The minimum absolute atomic E-state index is 0.0132. The van der Waals surface area contributed by atoms with Crippen LogP contribution in [0.5, 0.6) is 11.5 Å². The first kappa shape index (κ1) is 12.9. The summed E-state index contributed by atoms with van der Waals surface area (Å²) < 4.78 is 11.1. The van der Waals surface area contributed by atoms with Crippen molar-refractivity contribution < 1.29 is 9.47 Å². The minimum Gasteiger partial charge on any atom is -0.486 e. The average Bonchev–Trinajstić information content (AvgIpc) is 2.53. The molecule has 3 rings (SSSR count). The SMILES string of the molecule is NNC(Cc1ccccn1)c1ccc2c(c1)OCCO2. The summed E-state index contributed by atoms with van der Waals surface area (Å²) in [7, 11) is 0. The number of rotatable bonds is 4. The van der Waals surface area contributed by atoms with Crippen LogP contribution in [0, 0.1) is 0 Å². The molecule has 2 heterocycles. The summed E-state index contributed by atoms with van der Waals surface area (Å²) in [6.45, 7) is 1.18. The molecule has 0 bridgehead atoms. The molecule has 0 spiro atoms. The van der Waals surface area contributed by atoms with Gasteiger partial charge in [0.15, 0.2) is 11.5 Å². The van der Waals surface area contributed by atoms with E-state index < -0.39 is 0 Å². The van der Waals surface area contributed by atoms with E-state index in [1.54, 1.807) is 6.20 Å². The van der Waals surface area contributed by atoms with Crippen molar-refractivity contribution in [1.29, 1.82) is 0 Å². The van der Waals surface area contributed by atoms with Crippen molar-refractivity contribution in [3.8, 4) is 11.5 Å². The van der Waals surface area contributed by atoms with Crippen LogP contribution in [0.1, 0.15) is 17.3 Å². The fourth-order valence-corrected chi connectivity index (χ4v) is 2.28. The maximum atomic E-state index is 5.68. The fraction of sp³-hybridized carbons (Fsp3) is 0.267. The summed E-state index contributed by atoms with van der Waals surface area (Å²) in [6, 6.07) is 11.7. The van der Waals surface area contributed by atoms with E-state index >= 15 is 0 Å². The number of nitrogens with zero attached hydrogens (tertiary/aromatic N) is 1. The summed E-state index contributed by atoms with van der Waals surface area (Å²) in [4.78, 5) is 4.33. The Bertz CT molecular complexity index is 575. The Labute approximate surface area is 117 Å². The number of nitrogens with two attached hydrogens (primary N) is 1. The lowest BCUT2D eigenvalue weighted by atomic mass is 10.0. The molecule has 104 valence electrons. The van der Waals surface area contributed by atoms with Crippen LogP contribution in [0.3, 0.4) is 0 Å². The average molecular weight is 271 g/mol. The molecule has 3 N–H and O–H groups in total. The highest BCUT2D eigenvalue weighted by Gasteiger charge is 2.16. The van der Waals surface area contributed by atoms with E-state index in [4.69, 9.17) is 15.3 Å². The van der Waals surface area contributed by atoms with Crippen molar-refractivity contribution in [2.45, 2.75) is 12.5 Å². The summed E-state index contributed by atoms with van der Waals surface area (Å²) in [5.74, 6) is 7.24. The highest BCUT2D eigenvalue weighted by Crippen LogP contribution is 2.33. The number of aromatic nitrogens is 1. The zero-order valence-corrected chi connectivity index (χ0v) is 11.1. The molecular weight excluding hydrogens is 254 g/mol. The lowest BCUT2D eigenvalue weighted by molar-refractivity contribution is 0.171. The van der Waals surface area contributed by atoms with Gasteiger partial charge in [0.1, 0.15) is 13.2 Å². The number of hydrogen-bond acceptors (Lipinski definition) is 5. The first-order valence-electron chi connectivity index (χ1n) is 6.62. The zero-order valence-electron chi connectivity index (χ0n) is 11.1. The van der Waals surface area contributed by atoms with Gasteiger partial charge in [-0.1, -0.05) is 12.1 Å². The van der Waals surface area contributed by atoms with E-state index in [1.165, 1.54) is 0 Å². The Morgan fingerprint density at radius 2 is 2.00 bits per heavy atom. The van der Waals surface area contributed by atoms with Crippen LogP contribution in [-0.4, -0.2) is 18.2 Å². The Morgan fingerprint density at radius 1 is 1.15 bits per heavy atom. The maximum Gasteiger partial charge on any atom is 0.161 e. The molecule has 0 amide bonds. The number of ether oxygens (including phenoxy) is 2. The van der Waals surface area contributed by atoms with Gasteiger partial charge in [-0.3, -0.25) is 16.3 Å². The molecular formula is C15H17N3O2. The van der Waals surface area contributed by atoms with Gasteiger partial charge < -0.3 is 9.47 Å². The summed E-state index contributed by atoms with van der Waals surface area (Å²) >= 11 is 0. The number of fused-ring (bicyclic) bond motifs is 1. The van der Waals surface area contributed by atoms with Crippen LogP contribution in [0.4, 0.5) is 0 Å². The summed E-state index contributed by atoms with van der Waals surface area (Å²) in [5.41, 5.74) is 4.89. The first-order chi connectivity index (χ1) is 9.86. The van der Waals surface area contributed by atoms with E-state index in [-0.39, 0.29) is 6.04 Å². The molecule has 5 heteroatoms. The van der Waals surface area contributed by atoms with Crippen LogP contribution >= 0.6 is 0 Å². The minimum atomic E-state index is -0.0132. The molecule has 0 radical (unpaired) electrons. The Balaban J connectivity index is 1.82. The van der Waals surface area contributed by atoms with E-state index in [1.807, 2.05) is 36.4 Å². The summed E-state index contributed by atoms with van der Waals surface area (Å²) in [6.07, 6.45) is 2.50. The van der Waals surface area contributed by atoms with Gasteiger partial charge in [0.05, 0.1) is 6.04 Å². The van der Waals surface area contributed by atoms with Crippen molar-refractivity contribution in [2.24, 2.45) is 5.84 Å². The van der Waals surface area contributed by atoms with Crippen LogP contribution < -0.4 is 20.7 Å². The first-order valence-corrected chi connectivity index (χ1v) is 6.62. The van der Waals surface area contributed by atoms with Crippen molar-refractivity contribution in [1.82, 2.24) is 10.4 Å². The molecule has 1 atom stereocenters. The zero-order chi connectivity index (χ0) is 13.8. The van der Waals surface area contributed by atoms with E-state index in [0.717, 1.165) is 29.2 Å². The van der Waals surface area contributed by atoms with E-state index in [0.29, 0.717) is 13.2 Å². The molecule has 2 aromatic rings. The third-order valence-corrected chi connectivity index (χ3v) is 3.31. The highest BCUT2D eigenvalue weighted by molar-refractivity contribution is 5.44. The van der Waals surface area contributed by atoms with Crippen LogP contribution in [-0.2, 0) is 6.42 Å². The maximum absolute atomic E-state index is 5.68. The summed E-state index contributed by atoms with van der Waals surface area (Å²) in [5, 5.41) is 0. The van der Waals surface area contributed by atoms with Gasteiger partial charge in [0.2, 0.25) is 0 Å². The number of benzene rings is 1. The predicted octanol–water partition coefficient (Wildman–Crippen LogP) is 1.60. The topological polar surface area (TPSA) is 69.4 Å². The molecule has 1 aromatic heterocycles. The largest absolute Gasteiger partial charge is 0.486 e. The monoisotopic (exact) mass is 271 g/mol. The number of pyridine rings is 1. The third-order valence-electron chi connectivity index (χ3n) is 3.31. The predicted molar refractivity (Wildman–Crippen MR) is 75.4 cm³/mol. The lowest BCUT2D eigenvalue weighted by Gasteiger charge is -2.21. The van der Waals surface area contributed by atoms with Crippen LogP contribution in [0.15, 0.2) is 42.6 Å². The molecule has 0 aliphatic carbocycles. The van der Waals surface area contributed by atoms with Gasteiger partial charge >= 0.3 is 0 Å². The Morgan fingerprint density at radius 3 is 2.75 bits per heavy atom. The highest BCUT2D eigenvalue weighted by atomic mass is 16.6. The molecule has 1 unspecified atom stereocenters. The fourth-order valence-electron chi connectivity index (χ4n) is 2.28. The smallest absolute Gasteiger partial charge is 0.161 e. The molecule has 0 saturated carbocycles. The normalized spacial score (nSPS) is 14.8. The number of hydrogen-bond donors (Lipinski definition) is 2. The van der Waals surface area contributed by atoms with Gasteiger partial charge in [-0.25, -0.2) is 0 Å². The molecule has 1 aliphatic heterocycles. The molecule has 1 aromatic carbocycles. The molecule has 20 heavy (non-hydrogen) atoms. The number of hydrazine groups is 1. The van der Waals surface area contributed by atoms with Gasteiger partial charge in [0.25, 0.3) is 0 Å². The van der Waals surface area contributed by atoms with Gasteiger partial charge in [-0.15, -0.1) is 0 Å². The van der Waals surface area contributed by atoms with Crippen LogP contribution in [0.25, 0.3) is 0 Å². The standard InChI is InChI=1S/C15H17N3O2/c16-18-13(10-12-3-1-2-6-17-12)11-4-5-14-15(9-11)20-8-7-19-14/h1-6,9,13,18H,7-8,10,16H2. The van der Waals surface area contributed by atoms with E-state index in [2.05, 4.69) is 10.4 Å². The van der Waals surface area contributed by atoms with Crippen LogP contribution in [0.2, 0.25) is 0 Å². The lowest BCUT2D eigenvalue weighted by Crippen LogP contribution is -2.30. The van der Waals surface area contributed by atoms with Crippen molar-refractivity contribution in [3.63, 3.8) is 0 Å².